The van der Waals surface area contributed by atoms with Crippen LogP contribution in [0.15, 0.2) is 24.3 Å². The summed E-state index contributed by atoms with van der Waals surface area (Å²) < 4.78 is 5.36. The van der Waals surface area contributed by atoms with E-state index in [1.807, 2.05) is 6.92 Å². The number of likely N-dealkylation sites (N-methyl/N-ethyl adjacent to an activating group) is 1. The van der Waals surface area contributed by atoms with Crippen LogP contribution in [-0.2, 0) is 9.59 Å². The summed E-state index contributed by atoms with van der Waals surface area (Å²) in [6.07, 6.45) is 0. The van der Waals surface area contributed by atoms with E-state index in [0.29, 0.717) is 18.0 Å². The van der Waals surface area contributed by atoms with E-state index in [-0.39, 0.29) is 11.0 Å². The van der Waals surface area contributed by atoms with Gasteiger partial charge in [-0.1, -0.05) is 0 Å². The number of carbonyl (C=O) groups excluding carboxylic acids is 2. The molecular weight excluding hydrogens is 290 g/mol. The summed E-state index contributed by atoms with van der Waals surface area (Å²) in [6.45, 7) is 2.47. The van der Waals surface area contributed by atoms with Crippen molar-refractivity contribution in [2.24, 2.45) is 0 Å². The van der Waals surface area contributed by atoms with Crippen LogP contribution in [0.1, 0.15) is 6.92 Å². The third kappa shape index (κ3) is 3.03. The average Bonchev–Trinajstić information content (AvgIpc) is 2.40. The van der Waals surface area contributed by atoms with E-state index in [2.05, 4.69) is 5.32 Å². The standard InChI is InChI=1S/C14H17N3O3S/c1-4-20-10-7-5-9(6-8-10)17-13(19)11(16(2)3)12(18)15-14(17)21/h5-8,11H,4H2,1-3H3,(H,15,18,21). The molecule has 2 amide bonds. The lowest BCUT2D eigenvalue weighted by Crippen LogP contribution is -2.64. The summed E-state index contributed by atoms with van der Waals surface area (Å²) in [4.78, 5) is 27.3. The maximum absolute atomic E-state index is 12.5. The number of hydrogen-bond acceptors (Lipinski definition) is 5. The van der Waals surface area contributed by atoms with Gasteiger partial charge in [-0.05, 0) is 57.5 Å². The first-order valence-corrected chi connectivity index (χ1v) is 6.94. The Hall–Kier alpha value is -1.99. The molecule has 21 heavy (non-hydrogen) atoms. The molecule has 1 aliphatic heterocycles. The van der Waals surface area contributed by atoms with Crippen molar-refractivity contribution in [3.05, 3.63) is 24.3 Å². The summed E-state index contributed by atoms with van der Waals surface area (Å²) in [6, 6.07) is 6.10. The van der Waals surface area contributed by atoms with Gasteiger partial charge in [0.25, 0.3) is 11.8 Å². The Kier molecular flexibility index (Phi) is 4.54. The van der Waals surface area contributed by atoms with Crippen LogP contribution in [-0.4, -0.2) is 48.6 Å². The van der Waals surface area contributed by atoms with Crippen molar-refractivity contribution in [2.75, 3.05) is 25.6 Å². The molecular formula is C14H17N3O3S. The third-order valence-corrected chi connectivity index (χ3v) is 3.34. The number of hydrogen-bond donors (Lipinski definition) is 1. The lowest BCUT2D eigenvalue weighted by atomic mass is 10.1. The molecule has 0 radical (unpaired) electrons. The first-order chi connectivity index (χ1) is 9.95. The van der Waals surface area contributed by atoms with E-state index in [9.17, 15) is 9.59 Å². The number of nitrogens with zero attached hydrogens (tertiary/aromatic N) is 2. The highest BCUT2D eigenvalue weighted by Crippen LogP contribution is 2.22. The predicted molar refractivity (Wildman–Crippen MR) is 83.3 cm³/mol. The van der Waals surface area contributed by atoms with Crippen LogP contribution < -0.4 is 15.0 Å². The molecule has 1 aliphatic rings. The minimum Gasteiger partial charge on any atom is -0.494 e. The molecule has 1 fully saturated rings. The number of anilines is 1. The monoisotopic (exact) mass is 307 g/mol. The minimum absolute atomic E-state index is 0.0901. The van der Waals surface area contributed by atoms with Crippen molar-refractivity contribution in [1.29, 1.82) is 0 Å². The molecule has 1 N–H and O–H groups in total. The van der Waals surface area contributed by atoms with Gasteiger partial charge in [-0.3, -0.25) is 19.4 Å². The van der Waals surface area contributed by atoms with Gasteiger partial charge >= 0.3 is 0 Å². The van der Waals surface area contributed by atoms with Crippen LogP contribution in [0.4, 0.5) is 5.69 Å². The van der Waals surface area contributed by atoms with Gasteiger partial charge in [-0.25, -0.2) is 0 Å². The summed E-state index contributed by atoms with van der Waals surface area (Å²) in [7, 11) is 3.35. The molecule has 1 aromatic rings. The van der Waals surface area contributed by atoms with Crippen LogP contribution in [0.25, 0.3) is 0 Å². The number of ether oxygens (including phenoxy) is 1. The fraction of sp³-hybridized carbons (Fsp3) is 0.357. The number of benzene rings is 1. The highest BCUT2D eigenvalue weighted by molar-refractivity contribution is 7.80. The van der Waals surface area contributed by atoms with E-state index in [1.165, 1.54) is 4.90 Å². The molecule has 0 aliphatic carbocycles. The third-order valence-electron chi connectivity index (χ3n) is 3.06. The molecule has 2 rings (SSSR count). The second-order valence-corrected chi connectivity index (χ2v) is 5.15. The minimum atomic E-state index is -0.886. The van der Waals surface area contributed by atoms with Crippen molar-refractivity contribution in [3.8, 4) is 5.75 Å². The first-order valence-electron chi connectivity index (χ1n) is 6.53. The number of rotatable bonds is 4. The van der Waals surface area contributed by atoms with E-state index in [0.717, 1.165) is 0 Å². The van der Waals surface area contributed by atoms with Gasteiger partial charge in [0.05, 0.1) is 12.3 Å². The summed E-state index contributed by atoms with van der Waals surface area (Å²) in [5, 5.41) is 2.64. The highest BCUT2D eigenvalue weighted by Gasteiger charge is 2.40. The average molecular weight is 307 g/mol. The largest absolute Gasteiger partial charge is 0.494 e. The Bertz CT molecular complexity index is 571. The summed E-state index contributed by atoms with van der Waals surface area (Å²) in [5.74, 6) is -0.0556. The van der Waals surface area contributed by atoms with Gasteiger partial charge in [0.15, 0.2) is 11.2 Å². The smallest absolute Gasteiger partial charge is 0.260 e. The van der Waals surface area contributed by atoms with Crippen molar-refractivity contribution >= 4 is 34.8 Å². The van der Waals surface area contributed by atoms with E-state index < -0.39 is 11.9 Å². The molecule has 1 aromatic carbocycles. The predicted octanol–water partition coefficient (Wildman–Crippen LogP) is 0.763. The van der Waals surface area contributed by atoms with Gasteiger partial charge in [0.1, 0.15) is 5.75 Å². The zero-order valence-corrected chi connectivity index (χ0v) is 12.9. The molecule has 1 saturated heterocycles. The van der Waals surface area contributed by atoms with Gasteiger partial charge in [0.2, 0.25) is 0 Å². The van der Waals surface area contributed by atoms with Crippen molar-refractivity contribution < 1.29 is 14.3 Å². The highest BCUT2D eigenvalue weighted by atomic mass is 32.1. The molecule has 0 bridgehead atoms. The molecule has 7 heteroatoms. The van der Waals surface area contributed by atoms with Crippen molar-refractivity contribution in [1.82, 2.24) is 10.2 Å². The zero-order valence-electron chi connectivity index (χ0n) is 12.1. The number of nitrogens with one attached hydrogen (secondary N) is 1. The lowest BCUT2D eigenvalue weighted by Gasteiger charge is -2.34. The SMILES string of the molecule is CCOc1ccc(N2C(=O)C(N(C)C)C(=O)NC2=S)cc1. The fourth-order valence-corrected chi connectivity index (χ4v) is 2.42. The molecule has 0 aromatic heterocycles. The van der Waals surface area contributed by atoms with Gasteiger partial charge in [-0.2, -0.15) is 0 Å². The number of amides is 2. The summed E-state index contributed by atoms with van der Waals surface area (Å²) in [5.41, 5.74) is 0.598. The van der Waals surface area contributed by atoms with Gasteiger partial charge in [0, 0.05) is 0 Å². The Balaban J connectivity index is 2.30. The number of carbonyl (C=O) groups is 2. The Labute approximate surface area is 128 Å². The van der Waals surface area contributed by atoms with E-state index >= 15 is 0 Å². The van der Waals surface area contributed by atoms with E-state index in [4.69, 9.17) is 17.0 Å². The Morgan fingerprint density at radius 1 is 1.29 bits per heavy atom. The molecule has 6 nitrogen and oxygen atoms in total. The molecule has 1 unspecified atom stereocenters. The van der Waals surface area contributed by atoms with Crippen LogP contribution >= 0.6 is 12.2 Å². The second-order valence-electron chi connectivity index (χ2n) is 4.76. The van der Waals surface area contributed by atoms with Gasteiger partial charge in [-0.15, -0.1) is 0 Å². The topological polar surface area (TPSA) is 61.9 Å². The van der Waals surface area contributed by atoms with Crippen molar-refractivity contribution in [2.45, 2.75) is 13.0 Å². The normalized spacial score (nSPS) is 19.0. The Morgan fingerprint density at radius 3 is 2.43 bits per heavy atom. The number of thiocarbonyl (C=S) groups is 1. The van der Waals surface area contributed by atoms with Crippen LogP contribution in [0, 0.1) is 0 Å². The van der Waals surface area contributed by atoms with Crippen LogP contribution in [0.3, 0.4) is 0 Å². The maximum atomic E-state index is 12.5. The van der Waals surface area contributed by atoms with Crippen LogP contribution in [0.2, 0.25) is 0 Å². The lowest BCUT2D eigenvalue weighted by molar-refractivity contribution is -0.134. The molecule has 1 atom stereocenters. The van der Waals surface area contributed by atoms with E-state index in [1.54, 1.807) is 43.3 Å². The molecule has 112 valence electrons. The first kappa shape index (κ1) is 15.4. The second kappa shape index (κ2) is 6.19. The zero-order chi connectivity index (χ0) is 15.6. The fourth-order valence-electron chi connectivity index (χ4n) is 2.12. The quantitative estimate of drug-likeness (QED) is 0.657. The van der Waals surface area contributed by atoms with Crippen LogP contribution in [0.5, 0.6) is 5.75 Å². The molecule has 0 saturated carbocycles. The maximum Gasteiger partial charge on any atom is 0.260 e. The van der Waals surface area contributed by atoms with Crippen molar-refractivity contribution in [3.63, 3.8) is 0 Å². The summed E-state index contributed by atoms with van der Waals surface area (Å²) >= 11 is 5.11. The molecule has 1 heterocycles. The Morgan fingerprint density at radius 2 is 1.90 bits per heavy atom. The molecule has 0 spiro atoms. The van der Waals surface area contributed by atoms with Gasteiger partial charge < -0.3 is 10.1 Å².